The van der Waals surface area contributed by atoms with E-state index in [-0.39, 0.29) is 11.5 Å². The zero-order valence-electron chi connectivity index (χ0n) is 21.9. The number of hydrogen-bond donors (Lipinski definition) is 3. The van der Waals surface area contributed by atoms with Crippen molar-refractivity contribution in [2.45, 2.75) is 44.6 Å². The Morgan fingerprint density at radius 2 is 2.03 bits per heavy atom. The van der Waals surface area contributed by atoms with Crippen molar-refractivity contribution in [2.75, 3.05) is 43.4 Å². The van der Waals surface area contributed by atoms with Crippen molar-refractivity contribution in [3.05, 3.63) is 65.9 Å². The number of aliphatic carboxylic acids is 1. The van der Waals surface area contributed by atoms with E-state index < -0.39 is 12.0 Å². The summed E-state index contributed by atoms with van der Waals surface area (Å²) in [7, 11) is 0. The van der Waals surface area contributed by atoms with Gasteiger partial charge in [0.05, 0.1) is 0 Å². The summed E-state index contributed by atoms with van der Waals surface area (Å²) in [4.78, 5) is 31.2. The molecule has 1 atom stereocenters. The van der Waals surface area contributed by atoms with Crippen LogP contribution in [-0.2, 0) is 17.6 Å². The number of hydrogen-bond acceptors (Lipinski definition) is 10. The van der Waals surface area contributed by atoms with Gasteiger partial charge in [0.1, 0.15) is 24.5 Å². The molecule has 1 aliphatic heterocycles. The summed E-state index contributed by atoms with van der Waals surface area (Å²) < 4.78 is 5.79. The highest BCUT2D eigenvalue weighted by atomic mass is 16.5. The molecule has 11 heteroatoms. The second-order valence-electron chi connectivity index (χ2n) is 9.35. The Morgan fingerprint density at radius 1 is 1.13 bits per heavy atom. The number of anilines is 2. The van der Waals surface area contributed by atoms with Crippen molar-refractivity contribution in [1.82, 2.24) is 24.8 Å². The topological polar surface area (TPSA) is 149 Å². The summed E-state index contributed by atoms with van der Waals surface area (Å²) in [5, 5.41) is 25.3. The molecule has 3 N–H and O–H groups in total. The van der Waals surface area contributed by atoms with Gasteiger partial charge in [-0.05, 0) is 62.8 Å². The third kappa shape index (κ3) is 8.61. The zero-order valence-corrected chi connectivity index (χ0v) is 21.9. The van der Waals surface area contributed by atoms with Gasteiger partial charge in [0.2, 0.25) is 5.88 Å². The van der Waals surface area contributed by atoms with Crippen LogP contribution >= 0.6 is 0 Å². The highest BCUT2D eigenvalue weighted by Gasteiger charge is 2.21. The number of unbranched alkanes of at least 4 members (excludes halogenated alkanes) is 1. The lowest BCUT2D eigenvalue weighted by Gasteiger charge is -2.24. The third-order valence-electron chi connectivity index (χ3n) is 6.55. The first-order valence-electron chi connectivity index (χ1n) is 13.3. The van der Waals surface area contributed by atoms with Crippen molar-refractivity contribution in [2.24, 2.45) is 0 Å². The average Bonchev–Trinajstić information content (AvgIpc) is 2.97. The zero-order chi connectivity index (χ0) is 27.3. The SMILES string of the molecule is N#Cc1nccnc1NC(CCN(CCCCc1ccc2c(n1)NCCC2)CCOc1ccccn1)C(=O)O. The van der Waals surface area contributed by atoms with Crippen LogP contribution in [0.1, 0.15) is 42.6 Å². The molecule has 0 fully saturated rings. The van der Waals surface area contributed by atoms with Crippen molar-refractivity contribution in [1.29, 1.82) is 5.26 Å². The maximum absolute atomic E-state index is 12.0. The number of carboxylic acids is 1. The van der Waals surface area contributed by atoms with Crippen LogP contribution in [0.4, 0.5) is 11.6 Å². The smallest absolute Gasteiger partial charge is 0.326 e. The molecule has 3 aromatic heterocycles. The number of aryl methyl sites for hydroxylation is 2. The minimum Gasteiger partial charge on any atom is -0.480 e. The molecule has 4 rings (SSSR count). The minimum absolute atomic E-state index is 0.0651. The van der Waals surface area contributed by atoms with Gasteiger partial charge >= 0.3 is 5.97 Å². The number of pyridine rings is 2. The number of nitrogens with one attached hydrogen (secondary N) is 2. The predicted octanol–water partition coefficient (Wildman–Crippen LogP) is 3.16. The molecule has 1 aliphatic rings. The van der Waals surface area contributed by atoms with Crippen LogP contribution < -0.4 is 15.4 Å². The summed E-state index contributed by atoms with van der Waals surface area (Å²) in [5.41, 5.74) is 2.44. The van der Waals surface area contributed by atoms with E-state index in [1.54, 1.807) is 6.20 Å². The Hall–Kier alpha value is -4.30. The van der Waals surface area contributed by atoms with E-state index in [1.807, 2.05) is 24.3 Å². The molecule has 0 radical (unpaired) electrons. The largest absolute Gasteiger partial charge is 0.480 e. The lowest BCUT2D eigenvalue weighted by atomic mass is 10.1. The number of rotatable bonds is 15. The number of fused-ring (bicyclic) bond motifs is 1. The van der Waals surface area contributed by atoms with E-state index in [2.05, 4.69) is 42.6 Å². The van der Waals surface area contributed by atoms with Crippen LogP contribution in [0.2, 0.25) is 0 Å². The van der Waals surface area contributed by atoms with Crippen molar-refractivity contribution in [3.63, 3.8) is 0 Å². The molecule has 0 saturated heterocycles. The van der Waals surface area contributed by atoms with Crippen molar-refractivity contribution >= 4 is 17.6 Å². The summed E-state index contributed by atoms with van der Waals surface area (Å²) in [6.07, 6.45) is 9.84. The van der Waals surface area contributed by atoms with Crippen LogP contribution in [0.3, 0.4) is 0 Å². The summed E-state index contributed by atoms with van der Waals surface area (Å²) in [5.74, 6) is 0.731. The van der Waals surface area contributed by atoms with E-state index in [4.69, 9.17) is 9.72 Å². The van der Waals surface area contributed by atoms with E-state index >= 15 is 0 Å². The van der Waals surface area contributed by atoms with Crippen LogP contribution in [0.5, 0.6) is 5.88 Å². The van der Waals surface area contributed by atoms with Crippen molar-refractivity contribution < 1.29 is 14.6 Å². The molecule has 0 aliphatic carbocycles. The highest BCUT2D eigenvalue weighted by Crippen LogP contribution is 2.20. The Labute approximate surface area is 228 Å². The van der Waals surface area contributed by atoms with Gasteiger partial charge in [-0.25, -0.2) is 24.7 Å². The van der Waals surface area contributed by atoms with E-state index in [0.717, 1.165) is 56.7 Å². The lowest BCUT2D eigenvalue weighted by molar-refractivity contribution is -0.138. The Bertz CT molecular complexity index is 1250. The van der Waals surface area contributed by atoms with Crippen LogP contribution in [0, 0.1) is 11.3 Å². The van der Waals surface area contributed by atoms with Gasteiger partial charge in [-0.1, -0.05) is 12.1 Å². The second kappa shape index (κ2) is 14.6. The highest BCUT2D eigenvalue weighted by molar-refractivity contribution is 5.77. The number of carbonyl (C=O) groups is 1. The van der Waals surface area contributed by atoms with Crippen LogP contribution in [-0.4, -0.2) is 74.7 Å². The maximum atomic E-state index is 12.0. The quantitative estimate of drug-likeness (QED) is 0.249. The standard InChI is InChI=1S/C28H34N8O3/c29-20-24-27(33-15-14-30-24)35-23(28(37)38)11-17-36(18-19-39-25-8-1-3-12-31-25)16-4-2-7-22-10-9-21-6-5-13-32-26(21)34-22/h1,3,8-10,12,14-15,23H,2,4-7,11,13,16-19H2,(H,32,34)(H,33,35)(H,37,38). The fourth-order valence-electron chi connectivity index (χ4n) is 4.46. The van der Waals surface area contributed by atoms with Gasteiger partial charge in [0.15, 0.2) is 11.5 Å². The van der Waals surface area contributed by atoms with Crippen LogP contribution in [0.25, 0.3) is 0 Å². The van der Waals surface area contributed by atoms with Gasteiger partial charge in [0, 0.05) is 50.0 Å². The molecule has 39 heavy (non-hydrogen) atoms. The molecular weight excluding hydrogens is 496 g/mol. The summed E-state index contributed by atoms with van der Waals surface area (Å²) >= 11 is 0. The molecule has 11 nitrogen and oxygen atoms in total. The number of carboxylic acid groups (broad SMARTS) is 1. The molecule has 0 aromatic carbocycles. The molecule has 0 saturated carbocycles. The predicted molar refractivity (Wildman–Crippen MR) is 147 cm³/mol. The summed E-state index contributed by atoms with van der Waals surface area (Å²) in [6, 6.07) is 10.8. The van der Waals surface area contributed by atoms with E-state index in [0.29, 0.717) is 32.0 Å². The summed E-state index contributed by atoms with van der Waals surface area (Å²) in [6.45, 7) is 3.34. The fourth-order valence-corrected chi connectivity index (χ4v) is 4.46. The van der Waals surface area contributed by atoms with E-state index in [9.17, 15) is 15.2 Å². The van der Waals surface area contributed by atoms with Crippen LogP contribution in [0.15, 0.2) is 48.9 Å². The van der Waals surface area contributed by atoms with E-state index in [1.165, 1.54) is 18.0 Å². The molecule has 3 aromatic rings. The van der Waals surface area contributed by atoms with Gasteiger partial charge in [0.25, 0.3) is 0 Å². The Morgan fingerprint density at radius 3 is 2.85 bits per heavy atom. The first-order valence-corrected chi connectivity index (χ1v) is 13.3. The molecule has 0 amide bonds. The molecular formula is C28H34N8O3. The third-order valence-corrected chi connectivity index (χ3v) is 6.55. The molecule has 204 valence electrons. The number of nitrogens with zero attached hydrogens (tertiary/aromatic N) is 6. The molecule has 0 bridgehead atoms. The van der Waals surface area contributed by atoms with Gasteiger partial charge in [-0.15, -0.1) is 0 Å². The molecule has 1 unspecified atom stereocenters. The number of nitriles is 1. The number of ether oxygens (including phenoxy) is 1. The number of aromatic nitrogens is 4. The normalized spacial score (nSPS) is 13.1. The fraction of sp³-hybridized carbons (Fsp3) is 0.429. The monoisotopic (exact) mass is 530 g/mol. The van der Waals surface area contributed by atoms with Gasteiger partial charge in [-0.2, -0.15) is 5.26 Å². The minimum atomic E-state index is -1.01. The Kier molecular flexibility index (Phi) is 10.4. The molecule has 0 spiro atoms. The Balaban J connectivity index is 1.31. The molecule has 4 heterocycles. The maximum Gasteiger partial charge on any atom is 0.326 e. The second-order valence-corrected chi connectivity index (χ2v) is 9.35. The average molecular weight is 531 g/mol. The van der Waals surface area contributed by atoms with Gasteiger partial charge in [-0.3, -0.25) is 4.90 Å². The first-order chi connectivity index (χ1) is 19.1. The van der Waals surface area contributed by atoms with Gasteiger partial charge < -0.3 is 20.5 Å². The first kappa shape index (κ1) is 27.7. The van der Waals surface area contributed by atoms with Crippen molar-refractivity contribution in [3.8, 4) is 11.9 Å². The lowest BCUT2D eigenvalue weighted by Crippen LogP contribution is -2.37.